The maximum Gasteiger partial charge on any atom is 0.275 e. The molecule has 0 bridgehead atoms. The van der Waals surface area contributed by atoms with E-state index >= 15 is 0 Å². The van der Waals surface area contributed by atoms with Crippen LogP contribution in [0.4, 0.5) is 5.69 Å². The average molecular weight is 404 g/mol. The first-order valence-electron chi connectivity index (χ1n) is 9.81. The van der Waals surface area contributed by atoms with Gasteiger partial charge in [0.1, 0.15) is 5.01 Å². The van der Waals surface area contributed by atoms with Crippen molar-refractivity contribution >= 4 is 43.8 Å². The van der Waals surface area contributed by atoms with Crippen molar-refractivity contribution in [3.05, 3.63) is 69.6 Å². The van der Waals surface area contributed by atoms with Gasteiger partial charge in [-0.1, -0.05) is 36.5 Å². The summed E-state index contributed by atoms with van der Waals surface area (Å²) in [6, 6.07) is 16.5. The second-order valence-corrected chi connectivity index (χ2v) is 8.02. The number of nitrogens with zero attached hydrogens (tertiary/aromatic N) is 4. The summed E-state index contributed by atoms with van der Waals surface area (Å²) in [5.74, 6) is 0. The van der Waals surface area contributed by atoms with E-state index in [0.29, 0.717) is 11.5 Å². The van der Waals surface area contributed by atoms with E-state index < -0.39 is 0 Å². The highest BCUT2D eigenvalue weighted by Crippen LogP contribution is 2.31. The smallest absolute Gasteiger partial charge is 0.275 e. The molecule has 3 heterocycles. The predicted molar refractivity (Wildman–Crippen MR) is 119 cm³/mol. The lowest BCUT2D eigenvalue weighted by atomic mass is 10.1. The summed E-state index contributed by atoms with van der Waals surface area (Å²) >= 11 is 1.47. The number of aromatic nitrogens is 4. The predicted octanol–water partition coefficient (Wildman–Crippen LogP) is 4.45. The minimum Gasteiger partial charge on any atom is -0.379 e. The molecule has 0 saturated heterocycles. The SMILES string of the molecule is CCc1nn2c(=O)cc(CNc3ccc4c(c3)c3ccccc3n4CC)nc2s1. The molecular formula is C22H21N5OS. The zero-order valence-electron chi connectivity index (χ0n) is 16.3. The first kappa shape index (κ1) is 17.9. The first-order valence-corrected chi connectivity index (χ1v) is 10.6. The molecule has 0 fully saturated rings. The van der Waals surface area contributed by atoms with Crippen LogP contribution in [0.15, 0.2) is 53.3 Å². The number of nitrogens with one attached hydrogen (secondary N) is 1. The number of hydrogen-bond donors (Lipinski definition) is 1. The minimum absolute atomic E-state index is 0.135. The maximum atomic E-state index is 12.3. The molecule has 0 aliphatic rings. The van der Waals surface area contributed by atoms with Crippen LogP contribution in [0.25, 0.3) is 26.8 Å². The maximum absolute atomic E-state index is 12.3. The number of fused-ring (bicyclic) bond motifs is 4. The van der Waals surface area contributed by atoms with E-state index in [4.69, 9.17) is 0 Å². The van der Waals surface area contributed by atoms with E-state index in [1.165, 1.54) is 37.7 Å². The normalized spacial score (nSPS) is 11.7. The molecule has 0 saturated carbocycles. The van der Waals surface area contributed by atoms with Gasteiger partial charge >= 0.3 is 0 Å². The molecule has 5 rings (SSSR count). The van der Waals surface area contributed by atoms with Crippen LogP contribution in [0.2, 0.25) is 0 Å². The Hall–Kier alpha value is -3.19. The molecule has 7 heteroatoms. The van der Waals surface area contributed by atoms with Gasteiger partial charge in [0.05, 0.1) is 12.2 Å². The van der Waals surface area contributed by atoms with Gasteiger partial charge in [0.25, 0.3) is 5.56 Å². The molecule has 0 aliphatic heterocycles. The quantitative estimate of drug-likeness (QED) is 0.471. The van der Waals surface area contributed by atoms with Gasteiger partial charge in [0, 0.05) is 40.1 Å². The third-order valence-electron chi connectivity index (χ3n) is 5.20. The zero-order chi connectivity index (χ0) is 20.0. The molecule has 2 aromatic carbocycles. The summed E-state index contributed by atoms with van der Waals surface area (Å²) in [5, 5.41) is 11.1. The molecule has 5 aromatic rings. The summed E-state index contributed by atoms with van der Waals surface area (Å²) < 4.78 is 3.72. The standard InChI is InChI=1S/C22H21N5OS/c1-3-20-25-27-21(28)12-15(24-22(27)29-20)13-23-14-9-10-19-17(11-14)16-7-5-6-8-18(16)26(19)4-2/h5-12,23H,3-4,13H2,1-2H3. The van der Waals surface area contributed by atoms with Crippen LogP contribution in [-0.2, 0) is 19.5 Å². The highest BCUT2D eigenvalue weighted by molar-refractivity contribution is 7.16. The summed E-state index contributed by atoms with van der Waals surface area (Å²) in [6.45, 7) is 5.61. The summed E-state index contributed by atoms with van der Waals surface area (Å²) in [7, 11) is 0. The monoisotopic (exact) mass is 403 g/mol. The van der Waals surface area contributed by atoms with Gasteiger partial charge in [-0.3, -0.25) is 4.79 Å². The fraction of sp³-hybridized carbons (Fsp3) is 0.227. The number of hydrogen-bond acceptors (Lipinski definition) is 5. The van der Waals surface area contributed by atoms with E-state index in [9.17, 15) is 4.79 Å². The minimum atomic E-state index is -0.135. The largest absolute Gasteiger partial charge is 0.379 e. The molecule has 0 amide bonds. The second kappa shape index (κ2) is 7.00. The van der Waals surface area contributed by atoms with E-state index in [0.717, 1.165) is 29.4 Å². The van der Waals surface area contributed by atoms with Gasteiger partial charge in [0.15, 0.2) is 0 Å². The van der Waals surface area contributed by atoms with Crippen molar-refractivity contribution < 1.29 is 0 Å². The Morgan fingerprint density at radius 1 is 1.03 bits per heavy atom. The second-order valence-electron chi connectivity index (χ2n) is 6.98. The first-order chi connectivity index (χ1) is 14.2. The van der Waals surface area contributed by atoms with Crippen molar-refractivity contribution in [1.29, 1.82) is 0 Å². The van der Waals surface area contributed by atoms with E-state index in [2.05, 4.69) is 69.4 Å². The Morgan fingerprint density at radius 3 is 2.69 bits per heavy atom. The van der Waals surface area contributed by atoms with Crippen molar-refractivity contribution in [3.8, 4) is 0 Å². The van der Waals surface area contributed by atoms with Gasteiger partial charge in [-0.2, -0.15) is 9.61 Å². The van der Waals surface area contributed by atoms with Gasteiger partial charge in [0.2, 0.25) is 4.96 Å². The fourth-order valence-electron chi connectivity index (χ4n) is 3.83. The third-order valence-corrected chi connectivity index (χ3v) is 6.26. The highest BCUT2D eigenvalue weighted by atomic mass is 32.1. The summed E-state index contributed by atoms with van der Waals surface area (Å²) in [6.07, 6.45) is 0.798. The van der Waals surface area contributed by atoms with Crippen LogP contribution in [-0.4, -0.2) is 19.2 Å². The van der Waals surface area contributed by atoms with Gasteiger partial charge < -0.3 is 9.88 Å². The van der Waals surface area contributed by atoms with Crippen LogP contribution in [0, 0.1) is 0 Å². The molecule has 0 aliphatic carbocycles. The summed E-state index contributed by atoms with van der Waals surface area (Å²) in [4.78, 5) is 17.6. The Balaban J connectivity index is 1.48. The van der Waals surface area contributed by atoms with Gasteiger partial charge in [-0.25, -0.2) is 4.98 Å². The number of aryl methyl sites for hydroxylation is 2. The molecule has 0 radical (unpaired) electrons. The summed E-state index contributed by atoms with van der Waals surface area (Å²) in [5.41, 5.74) is 4.08. The Morgan fingerprint density at radius 2 is 1.86 bits per heavy atom. The van der Waals surface area contributed by atoms with Crippen molar-refractivity contribution in [2.24, 2.45) is 0 Å². The van der Waals surface area contributed by atoms with Crippen molar-refractivity contribution in [1.82, 2.24) is 19.2 Å². The lowest BCUT2D eigenvalue weighted by molar-refractivity contribution is 0.827. The molecule has 6 nitrogen and oxygen atoms in total. The molecule has 0 unspecified atom stereocenters. The molecule has 3 aromatic heterocycles. The molecule has 1 N–H and O–H groups in total. The van der Waals surface area contributed by atoms with Crippen LogP contribution in [0.5, 0.6) is 0 Å². The fourth-order valence-corrected chi connectivity index (χ4v) is 4.68. The lowest BCUT2D eigenvalue weighted by Gasteiger charge is -2.07. The van der Waals surface area contributed by atoms with Crippen LogP contribution in [0.1, 0.15) is 24.5 Å². The molecule has 0 spiro atoms. The van der Waals surface area contributed by atoms with Crippen LogP contribution < -0.4 is 10.9 Å². The van der Waals surface area contributed by atoms with Crippen LogP contribution >= 0.6 is 11.3 Å². The molecule has 29 heavy (non-hydrogen) atoms. The van der Waals surface area contributed by atoms with E-state index in [1.54, 1.807) is 6.07 Å². The Kier molecular flexibility index (Phi) is 4.32. The van der Waals surface area contributed by atoms with Crippen molar-refractivity contribution in [3.63, 3.8) is 0 Å². The lowest BCUT2D eigenvalue weighted by Crippen LogP contribution is -2.16. The number of anilines is 1. The van der Waals surface area contributed by atoms with Gasteiger partial charge in [-0.15, -0.1) is 0 Å². The van der Waals surface area contributed by atoms with E-state index in [1.807, 2.05) is 6.92 Å². The highest BCUT2D eigenvalue weighted by Gasteiger charge is 2.11. The van der Waals surface area contributed by atoms with Crippen molar-refractivity contribution in [2.75, 3.05) is 5.32 Å². The molecule has 0 atom stereocenters. The Bertz CT molecular complexity index is 1410. The third kappa shape index (κ3) is 2.98. The van der Waals surface area contributed by atoms with Crippen LogP contribution in [0.3, 0.4) is 0 Å². The Labute approximate surface area is 171 Å². The number of rotatable bonds is 5. The number of para-hydroxylation sites is 1. The topological polar surface area (TPSA) is 64.2 Å². The van der Waals surface area contributed by atoms with Gasteiger partial charge in [-0.05, 0) is 37.6 Å². The number of benzene rings is 2. The van der Waals surface area contributed by atoms with E-state index in [-0.39, 0.29) is 5.56 Å². The zero-order valence-corrected chi connectivity index (χ0v) is 17.2. The van der Waals surface area contributed by atoms with Crippen molar-refractivity contribution in [2.45, 2.75) is 33.4 Å². The molecule has 146 valence electrons. The average Bonchev–Trinajstić information content (AvgIpc) is 3.31. The molecular weight excluding hydrogens is 382 g/mol.